The van der Waals surface area contributed by atoms with Crippen LogP contribution in [0.3, 0.4) is 0 Å². The maximum absolute atomic E-state index is 12.8. The number of rotatable bonds is 10. The molecule has 208 valence electrons. The Balaban J connectivity index is 1.34. The van der Waals surface area contributed by atoms with Gasteiger partial charge in [-0.1, -0.05) is 0 Å². The fourth-order valence-corrected chi connectivity index (χ4v) is 5.72. The minimum Gasteiger partial charge on any atom is -0.497 e. The molecule has 0 radical (unpaired) electrons. The zero-order valence-electron chi connectivity index (χ0n) is 24.3. The lowest BCUT2D eigenvalue weighted by atomic mass is 9.99. The molecule has 1 N–H and O–H groups in total. The topological polar surface area (TPSA) is 70.6 Å². The molecule has 0 spiro atoms. The average molecular weight is 530 g/mol. The molecule has 0 saturated carbocycles. The van der Waals surface area contributed by atoms with Crippen molar-refractivity contribution in [1.29, 1.82) is 0 Å². The Kier molecular flexibility index (Phi) is 9.57. The fraction of sp³-hybridized carbons (Fsp3) is 0.469. The number of amides is 1. The number of aromatic nitrogens is 2. The largest absolute Gasteiger partial charge is 0.497 e. The summed E-state index contributed by atoms with van der Waals surface area (Å²) >= 11 is 0. The monoisotopic (exact) mass is 529 g/mol. The van der Waals surface area contributed by atoms with Gasteiger partial charge >= 0.3 is 0 Å². The molecule has 4 rings (SSSR count). The Bertz CT molecular complexity index is 1230. The van der Waals surface area contributed by atoms with Gasteiger partial charge in [-0.15, -0.1) is 0 Å². The molecule has 1 aromatic carbocycles. The molecule has 1 amide bonds. The molecule has 1 aliphatic heterocycles. The summed E-state index contributed by atoms with van der Waals surface area (Å²) in [6.45, 7) is 13.9. The van der Waals surface area contributed by atoms with Gasteiger partial charge in [-0.25, -0.2) is 0 Å². The van der Waals surface area contributed by atoms with E-state index >= 15 is 0 Å². The first-order chi connectivity index (χ1) is 18.8. The minimum absolute atomic E-state index is 0.0239. The Morgan fingerprint density at radius 2 is 1.82 bits per heavy atom. The van der Waals surface area contributed by atoms with Crippen LogP contribution in [-0.4, -0.2) is 59.6 Å². The molecule has 1 saturated heterocycles. The van der Waals surface area contributed by atoms with E-state index in [1.807, 2.05) is 51.4 Å². The first kappa shape index (κ1) is 28.6. The van der Waals surface area contributed by atoms with Crippen LogP contribution in [0.4, 0.5) is 5.69 Å². The number of nitrogens with one attached hydrogen (secondary N) is 1. The van der Waals surface area contributed by atoms with Gasteiger partial charge in [-0.2, -0.15) is 0 Å². The molecule has 3 aromatic rings. The lowest BCUT2D eigenvalue weighted by Gasteiger charge is -2.42. The number of pyridine rings is 2. The maximum Gasteiger partial charge on any atom is 0.253 e. The highest BCUT2D eigenvalue weighted by Gasteiger charge is 2.28. The van der Waals surface area contributed by atoms with Crippen LogP contribution in [0.15, 0.2) is 48.8 Å². The van der Waals surface area contributed by atoms with Gasteiger partial charge in [-0.05, 0) is 107 Å². The lowest BCUT2D eigenvalue weighted by Crippen LogP contribution is -2.48. The van der Waals surface area contributed by atoms with Crippen LogP contribution in [0.5, 0.6) is 5.75 Å². The Morgan fingerprint density at radius 3 is 2.46 bits per heavy atom. The molecule has 0 aliphatic carbocycles. The maximum atomic E-state index is 12.8. The summed E-state index contributed by atoms with van der Waals surface area (Å²) in [5, 5.41) is 3.13. The fourth-order valence-electron chi connectivity index (χ4n) is 5.72. The number of hydrogen-bond acceptors (Lipinski definition) is 6. The highest BCUT2D eigenvalue weighted by atomic mass is 16.5. The molecule has 7 heteroatoms. The van der Waals surface area contributed by atoms with E-state index in [0.29, 0.717) is 24.2 Å². The normalized spacial score (nSPS) is 15.1. The molecule has 1 aliphatic rings. The Morgan fingerprint density at radius 1 is 1.10 bits per heavy atom. The summed E-state index contributed by atoms with van der Waals surface area (Å²) in [4.78, 5) is 26.8. The van der Waals surface area contributed by atoms with Gasteiger partial charge in [-0.3, -0.25) is 14.8 Å². The summed E-state index contributed by atoms with van der Waals surface area (Å²) in [5.74, 6) is 0.847. The summed E-state index contributed by atoms with van der Waals surface area (Å²) < 4.78 is 5.40. The number of carbonyl (C=O) groups excluding carboxylic acids is 1. The number of benzene rings is 1. The number of anilines is 1. The van der Waals surface area contributed by atoms with E-state index < -0.39 is 0 Å². The van der Waals surface area contributed by atoms with Crippen molar-refractivity contribution in [2.24, 2.45) is 0 Å². The third-order valence-corrected chi connectivity index (χ3v) is 8.06. The second kappa shape index (κ2) is 13.1. The minimum atomic E-state index is -0.0239. The van der Waals surface area contributed by atoms with Crippen LogP contribution in [0.25, 0.3) is 0 Å². The second-order valence-electron chi connectivity index (χ2n) is 10.8. The summed E-state index contributed by atoms with van der Waals surface area (Å²) in [6, 6.07) is 13.3. The number of methoxy groups -OCH3 is 1. The van der Waals surface area contributed by atoms with Crippen molar-refractivity contribution in [2.75, 3.05) is 31.6 Å². The van der Waals surface area contributed by atoms with Crippen LogP contribution in [0.2, 0.25) is 0 Å². The Hall–Kier alpha value is -3.45. The van der Waals surface area contributed by atoms with Crippen molar-refractivity contribution in [2.45, 2.75) is 72.5 Å². The second-order valence-corrected chi connectivity index (χ2v) is 10.8. The van der Waals surface area contributed by atoms with Crippen molar-refractivity contribution >= 4 is 11.6 Å². The van der Waals surface area contributed by atoms with Crippen molar-refractivity contribution in [3.8, 4) is 5.75 Å². The summed E-state index contributed by atoms with van der Waals surface area (Å²) in [6.07, 6.45) is 6.96. The predicted octanol–water partition coefficient (Wildman–Crippen LogP) is 5.40. The number of hydrogen-bond donors (Lipinski definition) is 1. The Labute approximate surface area is 233 Å². The van der Waals surface area contributed by atoms with E-state index in [-0.39, 0.29) is 5.91 Å². The average Bonchev–Trinajstić information content (AvgIpc) is 2.92. The van der Waals surface area contributed by atoms with Crippen LogP contribution >= 0.6 is 0 Å². The van der Waals surface area contributed by atoms with Crippen LogP contribution in [0, 0.1) is 27.7 Å². The molecule has 3 heterocycles. The number of carbonyl (C=O) groups is 1. The first-order valence-electron chi connectivity index (χ1n) is 14.0. The number of aryl methyl sites for hydroxylation is 4. The van der Waals surface area contributed by atoms with Gasteiger partial charge in [0.05, 0.1) is 18.4 Å². The van der Waals surface area contributed by atoms with Gasteiger partial charge in [0, 0.05) is 62.0 Å². The van der Waals surface area contributed by atoms with E-state index in [9.17, 15) is 4.79 Å². The summed E-state index contributed by atoms with van der Waals surface area (Å²) in [7, 11) is 1.70. The summed E-state index contributed by atoms with van der Waals surface area (Å²) in [5.41, 5.74) is 7.16. The zero-order chi connectivity index (χ0) is 27.9. The molecule has 1 atom stereocenters. The molecule has 2 aromatic heterocycles. The zero-order valence-corrected chi connectivity index (χ0v) is 24.3. The van der Waals surface area contributed by atoms with Gasteiger partial charge in [0.1, 0.15) is 5.75 Å². The van der Waals surface area contributed by atoms with Crippen molar-refractivity contribution < 1.29 is 9.53 Å². The highest BCUT2D eigenvalue weighted by Crippen LogP contribution is 2.29. The van der Waals surface area contributed by atoms with E-state index in [0.717, 1.165) is 61.6 Å². The standard InChI is InChI=1S/C32H43N5O2/c1-22-11-15-33-20-27(22)21-37(28-7-9-30(39-6)10-8-28)29-13-17-36(18-14-29)25(4)12-16-34-32(38)31-23(2)19-24(3)35-26(31)5/h7-11,15,19-20,25,29H,12-14,16-18,21H2,1-6H3,(H,34,38). The number of likely N-dealkylation sites (tertiary alicyclic amines) is 1. The van der Waals surface area contributed by atoms with Gasteiger partial charge < -0.3 is 19.9 Å². The number of piperidine rings is 1. The third-order valence-electron chi connectivity index (χ3n) is 8.06. The highest BCUT2D eigenvalue weighted by molar-refractivity contribution is 5.96. The third kappa shape index (κ3) is 7.15. The molecule has 1 fully saturated rings. The van der Waals surface area contributed by atoms with E-state index in [4.69, 9.17) is 4.74 Å². The van der Waals surface area contributed by atoms with Crippen LogP contribution in [0.1, 0.15) is 64.6 Å². The molecule has 1 unspecified atom stereocenters. The lowest BCUT2D eigenvalue weighted by molar-refractivity contribution is 0.0943. The molecular formula is C32H43N5O2. The van der Waals surface area contributed by atoms with Crippen LogP contribution < -0.4 is 15.0 Å². The van der Waals surface area contributed by atoms with Crippen molar-refractivity contribution in [1.82, 2.24) is 20.2 Å². The SMILES string of the molecule is COc1ccc(N(Cc2cnccc2C)C2CCN(C(C)CCNC(=O)c3c(C)cc(C)nc3C)CC2)cc1. The van der Waals surface area contributed by atoms with E-state index in [2.05, 4.69) is 57.1 Å². The van der Waals surface area contributed by atoms with Crippen molar-refractivity contribution in [3.63, 3.8) is 0 Å². The van der Waals surface area contributed by atoms with E-state index in [1.165, 1.54) is 16.8 Å². The van der Waals surface area contributed by atoms with Crippen LogP contribution in [-0.2, 0) is 6.54 Å². The first-order valence-corrected chi connectivity index (χ1v) is 14.0. The smallest absolute Gasteiger partial charge is 0.253 e. The number of nitrogens with zero attached hydrogens (tertiary/aromatic N) is 4. The quantitative estimate of drug-likeness (QED) is 0.379. The molecule has 39 heavy (non-hydrogen) atoms. The molecular weight excluding hydrogens is 486 g/mol. The predicted molar refractivity (Wildman–Crippen MR) is 158 cm³/mol. The van der Waals surface area contributed by atoms with Gasteiger partial charge in [0.15, 0.2) is 0 Å². The van der Waals surface area contributed by atoms with E-state index in [1.54, 1.807) is 7.11 Å². The van der Waals surface area contributed by atoms with Gasteiger partial charge in [0.25, 0.3) is 5.91 Å². The molecule has 0 bridgehead atoms. The molecule has 7 nitrogen and oxygen atoms in total. The van der Waals surface area contributed by atoms with Gasteiger partial charge in [0.2, 0.25) is 0 Å². The number of ether oxygens (including phenoxy) is 1. The van der Waals surface area contributed by atoms with Crippen molar-refractivity contribution in [3.05, 3.63) is 82.4 Å².